The van der Waals surface area contributed by atoms with E-state index in [1.54, 1.807) is 7.11 Å². The van der Waals surface area contributed by atoms with Gasteiger partial charge >= 0.3 is 0 Å². The molecular weight excluding hydrogens is 364 g/mol. The van der Waals surface area contributed by atoms with E-state index in [2.05, 4.69) is 53.3 Å². The monoisotopic (exact) mass is 394 g/mol. The molecule has 7 nitrogen and oxygen atoms in total. The fraction of sp³-hybridized carbons (Fsp3) is 0.409. The summed E-state index contributed by atoms with van der Waals surface area (Å²) in [5.74, 6) is 1.88. The van der Waals surface area contributed by atoms with Crippen LogP contribution in [0, 0.1) is 0 Å². The van der Waals surface area contributed by atoms with Crippen molar-refractivity contribution in [2.24, 2.45) is 7.05 Å². The Hall–Kier alpha value is -3.09. The second-order valence-corrected chi connectivity index (χ2v) is 8.13. The van der Waals surface area contributed by atoms with E-state index in [1.807, 2.05) is 36.0 Å². The van der Waals surface area contributed by atoms with Crippen LogP contribution in [0.1, 0.15) is 38.4 Å². The summed E-state index contributed by atoms with van der Waals surface area (Å²) in [6.45, 7) is 7.19. The summed E-state index contributed by atoms with van der Waals surface area (Å²) in [4.78, 5) is 8.73. The molecule has 0 amide bonds. The third kappa shape index (κ3) is 5.04. The van der Waals surface area contributed by atoms with Gasteiger partial charge in [-0.1, -0.05) is 39.0 Å². The van der Waals surface area contributed by atoms with Crippen LogP contribution in [-0.4, -0.2) is 33.4 Å². The van der Waals surface area contributed by atoms with Gasteiger partial charge in [0, 0.05) is 25.1 Å². The van der Waals surface area contributed by atoms with E-state index in [9.17, 15) is 0 Å². The van der Waals surface area contributed by atoms with E-state index in [-0.39, 0.29) is 11.4 Å². The Balaban J connectivity index is 1.69. The van der Waals surface area contributed by atoms with Crippen molar-refractivity contribution in [1.29, 1.82) is 0 Å². The van der Waals surface area contributed by atoms with Gasteiger partial charge in [-0.2, -0.15) is 10.1 Å². The minimum Gasteiger partial charge on any atom is -0.496 e. The van der Waals surface area contributed by atoms with Crippen molar-refractivity contribution in [3.63, 3.8) is 0 Å². The molecule has 3 N–H and O–H groups in total. The lowest BCUT2D eigenvalue weighted by molar-refractivity contribution is 0.409. The summed E-state index contributed by atoms with van der Waals surface area (Å²) in [6.07, 6.45) is 1.86. The van der Waals surface area contributed by atoms with Crippen LogP contribution < -0.4 is 15.8 Å². The second kappa shape index (κ2) is 8.51. The molecule has 0 saturated heterocycles. The van der Waals surface area contributed by atoms with E-state index in [4.69, 9.17) is 10.5 Å². The molecule has 0 saturated carbocycles. The van der Waals surface area contributed by atoms with Crippen molar-refractivity contribution in [3.8, 4) is 17.1 Å². The van der Waals surface area contributed by atoms with Gasteiger partial charge in [-0.25, -0.2) is 4.98 Å². The number of rotatable bonds is 7. The van der Waals surface area contributed by atoms with E-state index >= 15 is 0 Å². The lowest BCUT2D eigenvalue weighted by atomic mass is 9.92. The number of nitrogens with zero attached hydrogens (tertiary/aromatic N) is 4. The topological polar surface area (TPSA) is 90.9 Å². The molecule has 0 atom stereocenters. The molecular formula is C22H30N6O. The number of hydrogen-bond acceptors (Lipinski definition) is 6. The highest BCUT2D eigenvalue weighted by Crippen LogP contribution is 2.27. The molecule has 0 aliphatic carbocycles. The average Bonchev–Trinajstić information content (AvgIpc) is 3.07. The number of nitrogen functional groups attached to an aromatic ring is 1. The van der Waals surface area contributed by atoms with Crippen LogP contribution in [0.5, 0.6) is 5.75 Å². The van der Waals surface area contributed by atoms with Crippen LogP contribution in [-0.2, 0) is 18.9 Å². The SMILES string of the molecule is COc1ccccc1CCCNc1cc(-c2cc(C(C)(C)C)nn2C)nc(N)n1. The number of nitrogens with two attached hydrogens (primary N) is 1. The maximum atomic E-state index is 5.96. The predicted octanol–water partition coefficient (Wildman–Crippen LogP) is 3.81. The highest BCUT2D eigenvalue weighted by Gasteiger charge is 2.20. The Morgan fingerprint density at radius 2 is 1.90 bits per heavy atom. The molecule has 3 aromatic rings. The molecule has 2 heterocycles. The lowest BCUT2D eigenvalue weighted by Crippen LogP contribution is -2.12. The summed E-state index contributed by atoms with van der Waals surface area (Å²) >= 11 is 0. The van der Waals surface area contributed by atoms with Crippen LogP contribution in [0.3, 0.4) is 0 Å². The van der Waals surface area contributed by atoms with Crippen LogP contribution in [0.15, 0.2) is 36.4 Å². The van der Waals surface area contributed by atoms with Gasteiger partial charge in [0.25, 0.3) is 0 Å². The quantitative estimate of drug-likeness (QED) is 0.592. The molecule has 7 heteroatoms. The van der Waals surface area contributed by atoms with Gasteiger partial charge in [-0.05, 0) is 30.5 Å². The number of aromatic nitrogens is 4. The molecule has 0 spiro atoms. The number of anilines is 2. The third-order valence-electron chi connectivity index (χ3n) is 4.78. The van der Waals surface area contributed by atoms with Gasteiger partial charge in [0.15, 0.2) is 0 Å². The van der Waals surface area contributed by atoms with Gasteiger partial charge in [-0.15, -0.1) is 0 Å². The maximum absolute atomic E-state index is 5.96. The molecule has 29 heavy (non-hydrogen) atoms. The Kier molecular flexibility index (Phi) is 6.06. The normalized spacial score (nSPS) is 11.5. The first-order chi connectivity index (χ1) is 13.8. The zero-order valence-corrected chi connectivity index (χ0v) is 17.9. The zero-order chi connectivity index (χ0) is 21.0. The summed E-state index contributed by atoms with van der Waals surface area (Å²) in [5, 5.41) is 7.98. The molecule has 0 aliphatic rings. The molecule has 0 bridgehead atoms. The fourth-order valence-electron chi connectivity index (χ4n) is 3.17. The molecule has 0 aliphatic heterocycles. The highest BCUT2D eigenvalue weighted by molar-refractivity contribution is 5.61. The summed E-state index contributed by atoms with van der Waals surface area (Å²) in [6, 6.07) is 12.1. The van der Waals surface area contributed by atoms with E-state index in [0.717, 1.165) is 42.2 Å². The molecule has 3 rings (SSSR count). The first-order valence-electron chi connectivity index (χ1n) is 9.83. The maximum Gasteiger partial charge on any atom is 0.222 e. The third-order valence-corrected chi connectivity index (χ3v) is 4.78. The van der Waals surface area contributed by atoms with Crippen molar-refractivity contribution < 1.29 is 4.74 Å². The Morgan fingerprint density at radius 1 is 1.14 bits per heavy atom. The standard InChI is InChI=1S/C22H30N6O/c1-22(2,3)19-14-17(28(4)27-19)16-13-20(26-21(23)25-16)24-12-8-10-15-9-6-7-11-18(15)29-5/h6-7,9,11,13-14H,8,10,12H2,1-5H3,(H3,23,24,25,26). The minimum atomic E-state index is -0.0336. The lowest BCUT2D eigenvalue weighted by Gasteiger charge is -2.13. The highest BCUT2D eigenvalue weighted by atomic mass is 16.5. The van der Waals surface area contributed by atoms with E-state index < -0.39 is 0 Å². The van der Waals surface area contributed by atoms with Crippen molar-refractivity contribution in [3.05, 3.63) is 47.7 Å². The fourth-order valence-corrected chi connectivity index (χ4v) is 3.17. The van der Waals surface area contributed by atoms with Gasteiger partial charge in [0.2, 0.25) is 5.95 Å². The Morgan fingerprint density at radius 3 is 2.59 bits per heavy atom. The number of methoxy groups -OCH3 is 1. The van der Waals surface area contributed by atoms with Crippen molar-refractivity contribution in [1.82, 2.24) is 19.7 Å². The number of benzene rings is 1. The van der Waals surface area contributed by atoms with Crippen LogP contribution >= 0.6 is 0 Å². The largest absolute Gasteiger partial charge is 0.496 e. The zero-order valence-electron chi connectivity index (χ0n) is 17.9. The molecule has 154 valence electrons. The Labute approximate surface area is 172 Å². The van der Waals surface area contributed by atoms with Gasteiger partial charge < -0.3 is 15.8 Å². The first-order valence-corrected chi connectivity index (χ1v) is 9.83. The molecule has 0 fully saturated rings. The van der Waals surface area contributed by atoms with Crippen LogP contribution in [0.2, 0.25) is 0 Å². The molecule has 1 aromatic carbocycles. The van der Waals surface area contributed by atoms with Gasteiger partial charge in [0.05, 0.1) is 24.2 Å². The second-order valence-electron chi connectivity index (χ2n) is 8.13. The molecule has 0 unspecified atom stereocenters. The average molecular weight is 395 g/mol. The van der Waals surface area contributed by atoms with Crippen molar-refractivity contribution in [2.75, 3.05) is 24.7 Å². The number of aryl methyl sites for hydroxylation is 2. The van der Waals surface area contributed by atoms with E-state index in [1.165, 1.54) is 5.56 Å². The smallest absolute Gasteiger partial charge is 0.222 e. The van der Waals surface area contributed by atoms with Crippen LogP contribution in [0.25, 0.3) is 11.4 Å². The Bertz CT molecular complexity index is 974. The van der Waals surface area contributed by atoms with Crippen molar-refractivity contribution in [2.45, 2.75) is 39.0 Å². The van der Waals surface area contributed by atoms with Gasteiger partial charge in [0.1, 0.15) is 11.6 Å². The molecule has 2 aromatic heterocycles. The van der Waals surface area contributed by atoms with Crippen molar-refractivity contribution >= 4 is 11.8 Å². The summed E-state index contributed by atoms with van der Waals surface area (Å²) in [5.41, 5.74) is 9.82. The summed E-state index contributed by atoms with van der Waals surface area (Å²) in [7, 11) is 3.62. The number of ether oxygens (including phenoxy) is 1. The number of nitrogens with one attached hydrogen (secondary N) is 1. The first kappa shape index (κ1) is 20.6. The summed E-state index contributed by atoms with van der Waals surface area (Å²) < 4.78 is 7.25. The predicted molar refractivity (Wildman–Crippen MR) is 117 cm³/mol. The van der Waals surface area contributed by atoms with Crippen LogP contribution in [0.4, 0.5) is 11.8 Å². The number of para-hydroxylation sites is 1. The number of hydrogen-bond donors (Lipinski definition) is 2. The van der Waals surface area contributed by atoms with Gasteiger partial charge in [-0.3, -0.25) is 4.68 Å². The molecule has 0 radical (unpaired) electrons. The van der Waals surface area contributed by atoms with E-state index in [0.29, 0.717) is 5.82 Å². The minimum absolute atomic E-state index is 0.0336.